The standard InChI is InChI=1S/C21H28N2O3/c1-24-19-12-17(13-20(14-19)25-2)15-22-16-21(18-6-4-3-5-7-18)23-8-10-26-11-9-23/h3-7,12-14,21-22H,8-11,15-16H2,1-2H3. The van der Waals surface area contributed by atoms with Gasteiger partial charge >= 0.3 is 0 Å². The summed E-state index contributed by atoms with van der Waals surface area (Å²) in [4.78, 5) is 2.50. The Kier molecular flexibility index (Phi) is 6.89. The summed E-state index contributed by atoms with van der Waals surface area (Å²) < 4.78 is 16.2. The molecule has 1 fully saturated rings. The Morgan fingerprint density at radius 3 is 2.27 bits per heavy atom. The second-order valence-corrected chi connectivity index (χ2v) is 6.43. The topological polar surface area (TPSA) is 43.0 Å². The lowest BCUT2D eigenvalue weighted by Gasteiger charge is -2.35. The second-order valence-electron chi connectivity index (χ2n) is 6.43. The minimum absolute atomic E-state index is 0.340. The fraction of sp³-hybridized carbons (Fsp3) is 0.429. The first-order valence-corrected chi connectivity index (χ1v) is 9.09. The average Bonchev–Trinajstić information content (AvgIpc) is 2.72. The van der Waals surface area contributed by atoms with E-state index in [1.165, 1.54) is 5.56 Å². The Balaban J connectivity index is 1.66. The van der Waals surface area contributed by atoms with Crippen LogP contribution >= 0.6 is 0 Å². The Bertz CT molecular complexity index is 650. The summed E-state index contributed by atoms with van der Waals surface area (Å²) in [5, 5.41) is 3.61. The third-order valence-electron chi connectivity index (χ3n) is 4.75. The molecule has 1 heterocycles. The van der Waals surface area contributed by atoms with Crippen molar-refractivity contribution in [3.8, 4) is 11.5 Å². The summed E-state index contributed by atoms with van der Waals surface area (Å²) in [7, 11) is 3.35. The van der Waals surface area contributed by atoms with E-state index in [1.807, 2.05) is 18.2 Å². The number of rotatable bonds is 8. The minimum Gasteiger partial charge on any atom is -0.497 e. The third kappa shape index (κ3) is 4.97. The number of benzene rings is 2. The molecule has 0 aromatic heterocycles. The summed E-state index contributed by atoms with van der Waals surface area (Å²) in [6.07, 6.45) is 0. The van der Waals surface area contributed by atoms with Crippen molar-refractivity contribution in [2.24, 2.45) is 0 Å². The van der Waals surface area contributed by atoms with E-state index in [4.69, 9.17) is 14.2 Å². The fourth-order valence-corrected chi connectivity index (χ4v) is 3.34. The van der Waals surface area contributed by atoms with Gasteiger partial charge in [-0.25, -0.2) is 0 Å². The number of methoxy groups -OCH3 is 2. The SMILES string of the molecule is COc1cc(CNCC(c2ccccc2)N2CCOCC2)cc(OC)c1. The van der Waals surface area contributed by atoms with Gasteiger partial charge in [-0.1, -0.05) is 30.3 Å². The zero-order chi connectivity index (χ0) is 18.2. The summed E-state index contributed by atoms with van der Waals surface area (Å²) in [6.45, 7) is 5.18. The molecule has 5 nitrogen and oxygen atoms in total. The number of hydrogen-bond donors (Lipinski definition) is 1. The van der Waals surface area contributed by atoms with Crippen LogP contribution in [0.15, 0.2) is 48.5 Å². The molecule has 0 spiro atoms. The van der Waals surface area contributed by atoms with E-state index < -0.39 is 0 Å². The van der Waals surface area contributed by atoms with Crippen LogP contribution < -0.4 is 14.8 Å². The van der Waals surface area contributed by atoms with Crippen molar-refractivity contribution >= 4 is 0 Å². The Morgan fingerprint density at radius 2 is 1.65 bits per heavy atom. The molecule has 26 heavy (non-hydrogen) atoms. The van der Waals surface area contributed by atoms with Gasteiger partial charge in [0.25, 0.3) is 0 Å². The van der Waals surface area contributed by atoms with Crippen LogP contribution in [0.25, 0.3) is 0 Å². The first-order valence-electron chi connectivity index (χ1n) is 9.09. The molecule has 0 bridgehead atoms. The summed E-state index contributed by atoms with van der Waals surface area (Å²) in [5.74, 6) is 1.63. The lowest BCUT2D eigenvalue weighted by Crippen LogP contribution is -2.42. The highest BCUT2D eigenvalue weighted by Crippen LogP contribution is 2.24. The predicted molar refractivity (Wildman–Crippen MR) is 103 cm³/mol. The maximum Gasteiger partial charge on any atom is 0.122 e. The quantitative estimate of drug-likeness (QED) is 0.788. The van der Waals surface area contributed by atoms with Crippen LogP contribution in [0.4, 0.5) is 0 Å². The van der Waals surface area contributed by atoms with Crippen molar-refractivity contribution < 1.29 is 14.2 Å². The molecule has 0 amide bonds. The van der Waals surface area contributed by atoms with Gasteiger partial charge in [0, 0.05) is 38.3 Å². The van der Waals surface area contributed by atoms with E-state index in [2.05, 4.69) is 40.5 Å². The normalized spacial score (nSPS) is 16.2. The Morgan fingerprint density at radius 1 is 1.00 bits per heavy atom. The number of hydrogen-bond acceptors (Lipinski definition) is 5. The van der Waals surface area contributed by atoms with Crippen LogP contribution in [0, 0.1) is 0 Å². The van der Waals surface area contributed by atoms with Gasteiger partial charge < -0.3 is 19.5 Å². The van der Waals surface area contributed by atoms with Gasteiger partial charge in [-0.05, 0) is 23.3 Å². The highest BCUT2D eigenvalue weighted by molar-refractivity contribution is 5.38. The molecule has 0 radical (unpaired) electrons. The van der Waals surface area contributed by atoms with E-state index in [9.17, 15) is 0 Å². The molecular weight excluding hydrogens is 328 g/mol. The van der Waals surface area contributed by atoms with Crippen molar-refractivity contribution in [2.45, 2.75) is 12.6 Å². The van der Waals surface area contributed by atoms with Crippen molar-refractivity contribution in [2.75, 3.05) is 47.1 Å². The highest BCUT2D eigenvalue weighted by Gasteiger charge is 2.22. The zero-order valence-corrected chi connectivity index (χ0v) is 15.6. The number of morpholine rings is 1. The summed E-state index contributed by atoms with van der Waals surface area (Å²) >= 11 is 0. The van der Waals surface area contributed by atoms with Crippen molar-refractivity contribution in [3.63, 3.8) is 0 Å². The lowest BCUT2D eigenvalue weighted by atomic mass is 10.0. The minimum atomic E-state index is 0.340. The van der Waals surface area contributed by atoms with Gasteiger partial charge in [0.1, 0.15) is 11.5 Å². The molecule has 3 rings (SSSR count). The second kappa shape index (κ2) is 9.57. The fourth-order valence-electron chi connectivity index (χ4n) is 3.34. The van der Waals surface area contributed by atoms with Crippen LogP contribution in [0.3, 0.4) is 0 Å². The first-order chi connectivity index (χ1) is 12.8. The van der Waals surface area contributed by atoms with Crippen molar-refractivity contribution in [1.82, 2.24) is 10.2 Å². The number of ether oxygens (including phenoxy) is 3. The molecule has 5 heteroatoms. The van der Waals surface area contributed by atoms with Crippen molar-refractivity contribution in [1.29, 1.82) is 0 Å². The van der Waals surface area contributed by atoms with Gasteiger partial charge in [0.15, 0.2) is 0 Å². The molecule has 1 unspecified atom stereocenters. The smallest absolute Gasteiger partial charge is 0.122 e. The first kappa shape index (κ1) is 18.7. The lowest BCUT2D eigenvalue weighted by molar-refractivity contribution is 0.0161. The predicted octanol–water partition coefficient (Wildman–Crippen LogP) is 2.87. The molecule has 1 saturated heterocycles. The molecule has 0 saturated carbocycles. The number of nitrogens with zero attached hydrogens (tertiary/aromatic N) is 1. The average molecular weight is 356 g/mol. The van der Waals surface area contributed by atoms with Gasteiger partial charge in [0.05, 0.1) is 27.4 Å². The molecular formula is C21H28N2O3. The van der Waals surface area contributed by atoms with Crippen LogP contribution in [-0.2, 0) is 11.3 Å². The van der Waals surface area contributed by atoms with Gasteiger partial charge in [0.2, 0.25) is 0 Å². The van der Waals surface area contributed by atoms with Crippen LogP contribution in [0.5, 0.6) is 11.5 Å². The maximum atomic E-state index is 5.52. The molecule has 140 valence electrons. The zero-order valence-electron chi connectivity index (χ0n) is 15.6. The van der Waals surface area contributed by atoms with Crippen LogP contribution in [-0.4, -0.2) is 52.0 Å². The maximum absolute atomic E-state index is 5.52. The third-order valence-corrected chi connectivity index (χ3v) is 4.75. The van der Waals surface area contributed by atoms with Gasteiger partial charge in [-0.3, -0.25) is 4.90 Å². The van der Waals surface area contributed by atoms with Crippen LogP contribution in [0.1, 0.15) is 17.2 Å². The highest BCUT2D eigenvalue weighted by atomic mass is 16.5. The van der Waals surface area contributed by atoms with E-state index >= 15 is 0 Å². The molecule has 1 atom stereocenters. The monoisotopic (exact) mass is 356 g/mol. The van der Waals surface area contributed by atoms with Gasteiger partial charge in [-0.15, -0.1) is 0 Å². The van der Waals surface area contributed by atoms with E-state index in [1.54, 1.807) is 14.2 Å². The molecule has 1 aliphatic rings. The number of nitrogens with one attached hydrogen (secondary N) is 1. The van der Waals surface area contributed by atoms with Crippen LogP contribution in [0.2, 0.25) is 0 Å². The van der Waals surface area contributed by atoms with Gasteiger partial charge in [-0.2, -0.15) is 0 Å². The summed E-state index contributed by atoms with van der Waals surface area (Å²) in [6, 6.07) is 17.0. The summed E-state index contributed by atoms with van der Waals surface area (Å²) in [5.41, 5.74) is 2.49. The Labute approximate surface area is 155 Å². The van der Waals surface area contributed by atoms with E-state index in [0.717, 1.165) is 56.5 Å². The molecule has 0 aliphatic carbocycles. The van der Waals surface area contributed by atoms with E-state index in [0.29, 0.717) is 6.04 Å². The van der Waals surface area contributed by atoms with Crippen molar-refractivity contribution in [3.05, 3.63) is 59.7 Å². The molecule has 1 N–H and O–H groups in total. The molecule has 2 aromatic carbocycles. The Hall–Kier alpha value is -2.08. The largest absolute Gasteiger partial charge is 0.497 e. The molecule has 1 aliphatic heterocycles. The molecule has 2 aromatic rings. The van der Waals surface area contributed by atoms with E-state index in [-0.39, 0.29) is 0 Å².